The number of aliphatic hydroxyl groups excluding tert-OH is 1. The molecule has 0 bridgehead atoms. The van der Waals surface area contributed by atoms with Crippen LogP contribution in [-0.4, -0.2) is 24.9 Å². The monoisotopic (exact) mass is 223 g/mol. The zero-order chi connectivity index (χ0) is 12.1. The summed E-state index contributed by atoms with van der Waals surface area (Å²) in [5.74, 6) is 0.880. The molecule has 1 unspecified atom stereocenters. The van der Waals surface area contributed by atoms with Crippen molar-refractivity contribution in [3.63, 3.8) is 0 Å². The topological polar surface area (TPSA) is 41.5 Å². The number of ether oxygens (including phenoxy) is 1. The van der Waals surface area contributed by atoms with Crippen molar-refractivity contribution < 1.29 is 9.84 Å². The van der Waals surface area contributed by atoms with Crippen LogP contribution in [-0.2, 0) is 0 Å². The van der Waals surface area contributed by atoms with E-state index < -0.39 is 0 Å². The van der Waals surface area contributed by atoms with Crippen LogP contribution >= 0.6 is 0 Å². The van der Waals surface area contributed by atoms with Crippen molar-refractivity contribution in [2.24, 2.45) is 0 Å². The van der Waals surface area contributed by atoms with Crippen LogP contribution in [0.15, 0.2) is 18.2 Å². The summed E-state index contributed by atoms with van der Waals surface area (Å²) < 4.78 is 5.21. The van der Waals surface area contributed by atoms with Gasteiger partial charge < -0.3 is 15.2 Å². The standard InChI is InChI=1S/C13H21NO2/c1-9(2)14-12(8-15)11-5-6-13(16-4)10(3)7-11/h5-7,9,12,14-15H,8H2,1-4H3. The van der Waals surface area contributed by atoms with Gasteiger partial charge in [0.05, 0.1) is 19.8 Å². The lowest BCUT2D eigenvalue weighted by Gasteiger charge is -2.20. The summed E-state index contributed by atoms with van der Waals surface area (Å²) in [6.07, 6.45) is 0. The van der Waals surface area contributed by atoms with E-state index in [0.29, 0.717) is 6.04 Å². The SMILES string of the molecule is COc1ccc(C(CO)NC(C)C)cc1C. The second-order valence-corrected chi connectivity index (χ2v) is 4.29. The third kappa shape index (κ3) is 3.22. The van der Waals surface area contributed by atoms with Gasteiger partial charge in [0.15, 0.2) is 0 Å². The molecule has 16 heavy (non-hydrogen) atoms. The Labute approximate surface area is 97.4 Å². The molecule has 0 aromatic heterocycles. The number of hydrogen-bond acceptors (Lipinski definition) is 3. The van der Waals surface area contributed by atoms with Crippen LogP contribution in [0, 0.1) is 6.92 Å². The Morgan fingerprint density at radius 3 is 2.50 bits per heavy atom. The summed E-state index contributed by atoms with van der Waals surface area (Å²) in [6, 6.07) is 6.32. The lowest BCUT2D eigenvalue weighted by Crippen LogP contribution is -2.30. The molecule has 1 rings (SSSR count). The first kappa shape index (κ1) is 13.0. The van der Waals surface area contributed by atoms with Gasteiger partial charge in [-0.2, -0.15) is 0 Å². The molecule has 0 amide bonds. The van der Waals surface area contributed by atoms with Gasteiger partial charge in [-0.1, -0.05) is 26.0 Å². The zero-order valence-corrected chi connectivity index (χ0v) is 10.4. The molecule has 0 saturated carbocycles. The Morgan fingerprint density at radius 1 is 1.38 bits per heavy atom. The Balaban J connectivity index is 2.89. The lowest BCUT2D eigenvalue weighted by molar-refractivity contribution is 0.237. The molecule has 1 atom stereocenters. The first-order chi connectivity index (χ1) is 7.58. The van der Waals surface area contributed by atoms with Gasteiger partial charge in [0.1, 0.15) is 5.75 Å². The Kier molecular flexibility index (Phi) is 4.77. The smallest absolute Gasteiger partial charge is 0.121 e. The molecule has 1 aromatic carbocycles. The fraction of sp³-hybridized carbons (Fsp3) is 0.538. The van der Waals surface area contributed by atoms with E-state index in [1.807, 2.05) is 19.1 Å². The minimum atomic E-state index is -0.00962. The van der Waals surface area contributed by atoms with Crippen LogP contribution in [0.3, 0.4) is 0 Å². The molecule has 0 fully saturated rings. The number of aliphatic hydroxyl groups is 1. The summed E-state index contributed by atoms with van der Waals surface area (Å²) in [7, 11) is 1.66. The zero-order valence-electron chi connectivity index (χ0n) is 10.4. The average Bonchev–Trinajstić information content (AvgIpc) is 2.25. The number of aryl methyl sites for hydroxylation is 1. The van der Waals surface area contributed by atoms with Gasteiger partial charge in [0.2, 0.25) is 0 Å². The lowest BCUT2D eigenvalue weighted by atomic mass is 10.0. The molecule has 90 valence electrons. The molecule has 2 N–H and O–H groups in total. The molecular weight excluding hydrogens is 202 g/mol. The Hall–Kier alpha value is -1.06. The van der Waals surface area contributed by atoms with Crippen LogP contribution < -0.4 is 10.1 Å². The highest BCUT2D eigenvalue weighted by Gasteiger charge is 2.12. The van der Waals surface area contributed by atoms with E-state index in [1.165, 1.54) is 0 Å². The highest BCUT2D eigenvalue weighted by Crippen LogP contribution is 2.22. The van der Waals surface area contributed by atoms with Crippen molar-refractivity contribution in [2.75, 3.05) is 13.7 Å². The van der Waals surface area contributed by atoms with E-state index >= 15 is 0 Å². The van der Waals surface area contributed by atoms with Crippen molar-refractivity contribution in [1.82, 2.24) is 5.32 Å². The number of methoxy groups -OCH3 is 1. The van der Waals surface area contributed by atoms with E-state index in [0.717, 1.165) is 16.9 Å². The number of benzene rings is 1. The van der Waals surface area contributed by atoms with Crippen molar-refractivity contribution in [1.29, 1.82) is 0 Å². The van der Waals surface area contributed by atoms with Gasteiger partial charge in [-0.05, 0) is 24.1 Å². The van der Waals surface area contributed by atoms with Gasteiger partial charge in [0.25, 0.3) is 0 Å². The molecule has 0 aliphatic heterocycles. The Morgan fingerprint density at radius 2 is 2.06 bits per heavy atom. The normalized spacial score (nSPS) is 12.9. The largest absolute Gasteiger partial charge is 0.496 e. The fourth-order valence-corrected chi connectivity index (χ4v) is 1.78. The van der Waals surface area contributed by atoms with E-state index in [1.54, 1.807) is 7.11 Å². The number of nitrogens with one attached hydrogen (secondary N) is 1. The molecule has 0 aliphatic rings. The fourth-order valence-electron chi connectivity index (χ4n) is 1.78. The minimum Gasteiger partial charge on any atom is -0.496 e. The summed E-state index contributed by atoms with van der Waals surface area (Å²) >= 11 is 0. The van der Waals surface area contributed by atoms with Gasteiger partial charge in [-0.25, -0.2) is 0 Å². The predicted octanol–water partition coefficient (Wildman–Crippen LogP) is 2.04. The number of rotatable bonds is 5. The molecule has 3 heteroatoms. The van der Waals surface area contributed by atoms with E-state index in [-0.39, 0.29) is 12.6 Å². The maximum Gasteiger partial charge on any atom is 0.121 e. The van der Waals surface area contributed by atoms with Crippen LogP contribution in [0.4, 0.5) is 0 Å². The quantitative estimate of drug-likeness (QED) is 0.802. The molecule has 0 radical (unpaired) electrons. The average molecular weight is 223 g/mol. The third-order valence-electron chi connectivity index (χ3n) is 2.54. The first-order valence-electron chi connectivity index (χ1n) is 5.60. The first-order valence-corrected chi connectivity index (χ1v) is 5.60. The van der Waals surface area contributed by atoms with E-state index in [2.05, 4.69) is 25.2 Å². The van der Waals surface area contributed by atoms with Crippen LogP contribution in [0.1, 0.15) is 31.0 Å². The predicted molar refractivity (Wildman–Crippen MR) is 65.8 cm³/mol. The van der Waals surface area contributed by atoms with E-state index in [9.17, 15) is 5.11 Å². The van der Waals surface area contributed by atoms with Crippen LogP contribution in [0.2, 0.25) is 0 Å². The van der Waals surface area contributed by atoms with Crippen molar-refractivity contribution in [2.45, 2.75) is 32.9 Å². The van der Waals surface area contributed by atoms with Gasteiger partial charge in [-0.15, -0.1) is 0 Å². The van der Waals surface area contributed by atoms with E-state index in [4.69, 9.17) is 4.74 Å². The third-order valence-corrected chi connectivity index (χ3v) is 2.54. The van der Waals surface area contributed by atoms with Crippen molar-refractivity contribution in [3.8, 4) is 5.75 Å². The highest BCUT2D eigenvalue weighted by atomic mass is 16.5. The van der Waals surface area contributed by atoms with Crippen LogP contribution in [0.5, 0.6) is 5.75 Å². The molecule has 0 heterocycles. The molecule has 0 spiro atoms. The minimum absolute atomic E-state index is 0.00962. The maximum absolute atomic E-state index is 9.35. The summed E-state index contributed by atoms with van der Waals surface area (Å²) in [5.41, 5.74) is 2.18. The second kappa shape index (κ2) is 5.87. The van der Waals surface area contributed by atoms with Crippen molar-refractivity contribution >= 4 is 0 Å². The summed E-state index contributed by atoms with van der Waals surface area (Å²) in [4.78, 5) is 0. The second-order valence-electron chi connectivity index (χ2n) is 4.29. The van der Waals surface area contributed by atoms with Gasteiger partial charge in [-0.3, -0.25) is 0 Å². The van der Waals surface area contributed by atoms with Gasteiger partial charge >= 0.3 is 0 Å². The maximum atomic E-state index is 9.35. The molecule has 0 aliphatic carbocycles. The molecule has 0 saturated heterocycles. The Bertz CT molecular complexity index is 337. The van der Waals surface area contributed by atoms with Gasteiger partial charge in [0, 0.05) is 6.04 Å². The summed E-state index contributed by atoms with van der Waals surface area (Å²) in [6.45, 7) is 6.24. The summed E-state index contributed by atoms with van der Waals surface area (Å²) in [5, 5.41) is 12.7. The van der Waals surface area contributed by atoms with Crippen molar-refractivity contribution in [3.05, 3.63) is 29.3 Å². The molecular formula is C13H21NO2. The highest BCUT2D eigenvalue weighted by molar-refractivity contribution is 5.37. The van der Waals surface area contributed by atoms with Crippen LogP contribution in [0.25, 0.3) is 0 Å². The molecule has 3 nitrogen and oxygen atoms in total. The number of hydrogen-bond donors (Lipinski definition) is 2. The molecule has 1 aromatic rings.